The van der Waals surface area contributed by atoms with Crippen molar-refractivity contribution < 1.29 is 68.4 Å². The van der Waals surface area contributed by atoms with Gasteiger partial charge in [0, 0.05) is 25.3 Å². The molecule has 0 aromatic heterocycles. The molecule has 1 aromatic rings. The van der Waals surface area contributed by atoms with Crippen LogP contribution in [-0.2, 0) is 54.4 Å². The third kappa shape index (κ3) is 19.3. The minimum absolute atomic E-state index is 0.0396. The van der Waals surface area contributed by atoms with E-state index in [1.165, 1.54) is 24.3 Å². The number of nitrogens with two attached hydrogens (primary N) is 3. The SMILES string of the molecule is CC[C@H](C)[C@H](NC(=O)[C@H](Cc1ccc(O)cc1)NC(=O)CNC(=O)[C@@H]1CCCN1C(=O)[C@H](CC(=O)O)NC(=O)[C@@H](N)CS)C(=O)NCC(=O)N[C@@H](CO)C(=O)NC(CCCN=C(N)N)C(=O)O. The zero-order valence-electron chi connectivity index (χ0n) is 37.1. The highest BCUT2D eigenvalue weighted by Gasteiger charge is 2.39. The molecule has 372 valence electrons. The van der Waals surface area contributed by atoms with Crippen molar-refractivity contribution in [2.75, 3.05) is 38.5 Å². The third-order valence-electron chi connectivity index (χ3n) is 10.4. The molecule has 0 spiro atoms. The van der Waals surface area contributed by atoms with E-state index in [1.807, 2.05) is 0 Å². The first-order valence-corrected chi connectivity index (χ1v) is 21.9. The number of aliphatic carboxylic acids is 2. The number of nitrogens with one attached hydrogen (secondary N) is 7. The van der Waals surface area contributed by atoms with E-state index in [-0.39, 0.29) is 56.2 Å². The molecule has 17 N–H and O–H groups in total. The summed E-state index contributed by atoms with van der Waals surface area (Å²) in [6.45, 7) is 1.09. The van der Waals surface area contributed by atoms with Crippen molar-refractivity contribution in [1.29, 1.82) is 0 Å². The minimum atomic E-state index is -1.61. The molecule has 1 fully saturated rings. The van der Waals surface area contributed by atoms with Crippen LogP contribution >= 0.6 is 12.6 Å². The average molecular weight is 967 g/mol. The fourth-order valence-electron chi connectivity index (χ4n) is 6.55. The Morgan fingerprint density at radius 2 is 1.42 bits per heavy atom. The van der Waals surface area contributed by atoms with E-state index in [0.29, 0.717) is 18.4 Å². The van der Waals surface area contributed by atoms with Gasteiger partial charge in [-0.2, -0.15) is 12.6 Å². The lowest BCUT2D eigenvalue weighted by molar-refractivity contribution is -0.146. The van der Waals surface area contributed by atoms with E-state index in [9.17, 15) is 68.4 Å². The van der Waals surface area contributed by atoms with Gasteiger partial charge in [0.1, 0.15) is 42.0 Å². The molecular weight excluding hydrogens is 905 g/mol. The normalized spacial score (nSPS) is 16.3. The van der Waals surface area contributed by atoms with Crippen molar-refractivity contribution in [1.82, 2.24) is 42.1 Å². The zero-order valence-corrected chi connectivity index (χ0v) is 38.0. The summed E-state index contributed by atoms with van der Waals surface area (Å²) < 4.78 is 0. The number of phenolic OH excluding ortho intramolecular Hbond substituents is 1. The van der Waals surface area contributed by atoms with Crippen LogP contribution in [0.5, 0.6) is 5.75 Å². The maximum atomic E-state index is 13.9. The number of amides is 8. The number of aliphatic hydroxyl groups excluding tert-OH is 1. The van der Waals surface area contributed by atoms with Crippen molar-refractivity contribution >= 4 is 77.8 Å². The highest BCUT2D eigenvalue weighted by atomic mass is 32.1. The second-order valence-corrected chi connectivity index (χ2v) is 16.0. The summed E-state index contributed by atoms with van der Waals surface area (Å²) in [5, 5.41) is 55.1. The van der Waals surface area contributed by atoms with Gasteiger partial charge in [-0.15, -0.1) is 0 Å². The first kappa shape index (κ1) is 56.4. The van der Waals surface area contributed by atoms with E-state index in [2.05, 4.69) is 54.8 Å². The maximum absolute atomic E-state index is 13.9. The molecule has 26 nitrogen and oxygen atoms in total. The number of hydrogen-bond acceptors (Lipinski definition) is 15. The first-order valence-electron chi connectivity index (χ1n) is 21.2. The molecule has 8 amide bonds. The molecule has 1 aliphatic heterocycles. The highest BCUT2D eigenvalue weighted by molar-refractivity contribution is 7.80. The minimum Gasteiger partial charge on any atom is -0.508 e. The lowest BCUT2D eigenvalue weighted by atomic mass is 9.97. The smallest absolute Gasteiger partial charge is 0.326 e. The summed E-state index contributed by atoms with van der Waals surface area (Å²) in [5.41, 5.74) is 16.6. The molecule has 8 atom stereocenters. The maximum Gasteiger partial charge on any atom is 0.326 e. The molecule has 0 radical (unpaired) electrons. The average Bonchev–Trinajstić information content (AvgIpc) is 3.78. The number of rotatable bonds is 28. The number of aliphatic hydroxyl groups is 1. The number of carboxylic acids is 2. The van der Waals surface area contributed by atoms with Crippen LogP contribution in [0.4, 0.5) is 0 Å². The number of benzene rings is 1. The van der Waals surface area contributed by atoms with Crippen LogP contribution in [0.3, 0.4) is 0 Å². The lowest BCUT2D eigenvalue weighted by Gasteiger charge is -2.29. The Hall–Kier alpha value is -6.74. The van der Waals surface area contributed by atoms with Crippen LogP contribution in [0.1, 0.15) is 57.9 Å². The molecule has 1 aliphatic rings. The van der Waals surface area contributed by atoms with Crippen molar-refractivity contribution in [2.24, 2.45) is 28.1 Å². The summed E-state index contributed by atoms with van der Waals surface area (Å²) in [5.74, 6) is -10.8. The number of phenols is 1. The van der Waals surface area contributed by atoms with E-state index in [0.717, 1.165) is 4.90 Å². The predicted octanol–water partition coefficient (Wildman–Crippen LogP) is -5.51. The summed E-state index contributed by atoms with van der Waals surface area (Å²) >= 11 is 3.94. The van der Waals surface area contributed by atoms with Gasteiger partial charge < -0.3 is 79.7 Å². The van der Waals surface area contributed by atoms with Crippen molar-refractivity contribution in [3.05, 3.63) is 29.8 Å². The van der Waals surface area contributed by atoms with Gasteiger partial charge >= 0.3 is 11.9 Å². The molecule has 2 rings (SSSR count). The second kappa shape index (κ2) is 28.3. The Kier molecular flexibility index (Phi) is 23.8. The van der Waals surface area contributed by atoms with Crippen molar-refractivity contribution in [3.63, 3.8) is 0 Å². The number of likely N-dealkylation sites (tertiary alicyclic amines) is 1. The van der Waals surface area contributed by atoms with Gasteiger partial charge in [-0.25, -0.2) is 4.79 Å². The molecule has 1 aromatic carbocycles. The lowest BCUT2D eigenvalue weighted by Crippen LogP contribution is -2.58. The van der Waals surface area contributed by atoms with Crippen LogP contribution in [0.15, 0.2) is 29.3 Å². The third-order valence-corrected chi connectivity index (χ3v) is 10.8. The fraction of sp³-hybridized carbons (Fsp3) is 0.575. The molecule has 1 heterocycles. The molecule has 1 saturated heterocycles. The Bertz CT molecular complexity index is 1950. The van der Waals surface area contributed by atoms with Gasteiger partial charge in [-0.1, -0.05) is 32.4 Å². The summed E-state index contributed by atoms with van der Waals surface area (Å²) in [6.07, 6.45) is -0.0676. The van der Waals surface area contributed by atoms with Gasteiger partial charge in [0.05, 0.1) is 32.2 Å². The summed E-state index contributed by atoms with van der Waals surface area (Å²) in [7, 11) is 0. The standard InChI is InChI=1S/C40H62N12O14S/c1-3-20(2)32(37(63)46-17-30(56)48-27(18-53)35(61)49-24(39(65)66)6-4-12-44-40(42)43)51-34(60)25(14-21-8-10-22(54)11-9-21)47-29(55)16-45-36(62)28-7-5-13-52(28)38(64)26(15-31(57)58)50-33(59)23(41)19-67/h8-11,20,23-28,32,53-54,67H,3-7,12-19,41H2,1-2H3,(H,45,62)(H,46,63)(H,47,55)(H,48,56)(H,49,61)(H,50,59)(H,51,60)(H,57,58)(H,65,66)(H4,42,43,44)/t20-,23-,24?,25-,26-,27-,28-,32-/m0/s1. The predicted molar refractivity (Wildman–Crippen MR) is 240 cm³/mol. The quantitative estimate of drug-likeness (QED) is 0.0161. The Balaban J connectivity index is 2.15. The molecule has 27 heteroatoms. The molecule has 0 saturated carbocycles. The van der Waals surface area contributed by atoms with Crippen LogP contribution < -0.4 is 54.4 Å². The number of carbonyl (C=O) groups excluding carboxylic acids is 8. The number of aliphatic imine (C=N–C) groups is 1. The molecule has 67 heavy (non-hydrogen) atoms. The summed E-state index contributed by atoms with van der Waals surface area (Å²) in [6, 6.07) is -3.90. The molecular formula is C40H62N12O14S. The molecule has 0 aliphatic carbocycles. The van der Waals surface area contributed by atoms with Gasteiger partial charge in [0.25, 0.3) is 0 Å². The van der Waals surface area contributed by atoms with Gasteiger partial charge in [-0.05, 0) is 49.3 Å². The van der Waals surface area contributed by atoms with Crippen LogP contribution in [0.2, 0.25) is 0 Å². The number of nitrogens with zero attached hydrogens (tertiary/aromatic N) is 2. The zero-order chi connectivity index (χ0) is 50.4. The van der Waals surface area contributed by atoms with E-state index >= 15 is 0 Å². The monoisotopic (exact) mass is 966 g/mol. The Morgan fingerprint density at radius 1 is 0.821 bits per heavy atom. The number of thiol groups is 1. The topological polar surface area (TPSA) is 429 Å². The van der Waals surface area contributed by atoms with E-state index in [4.69, 9.17) is 17.2 Å². The number of carboxylic acid groups (broad SMARTS) is 2. The van der Waals surface area contributed by atoms with Crippen molar-refractivity contribution in [3.8, 4) is 5.75 Å². The summed E-state index contributed by atoms with van der Waals surface area (Å²) in [4.78, 5) is 134. The Morgan fingerprint density at radius 3 is 1.99 bits per heavy atom. The first-order chi connectivity index (χ1) is 31.6. The second-order valence-electron chi connectivity index (χ2n) is 15.6. The number of carbonyl (C=O) groups is 10. The highest BCUT2D eigenvalue weighted by Crippen LogP contribution is 2.20. The van der Waals surface area contributed by atoms with Crippen LogP contribution in [0.25, 0.3) is 0 Å². The number of hydrogen-bond donors (Lipinski definition) is 15. The fourth-order valence-corrected chi connectivity index (χ4v) is 6.72. The van der Waals surface area contributed by atoms with Gasteiger partial charge in [-0.3, -0.25) is 48.1 Å². The van der Waals surface area contributed by atoms with E-state index in [1.54, 1.807) is 13.8 Å². The number of guanidine groups is 1. The largest absolute Gasteiger partial charge is 0.508 e. The molecule has 1 unspecified atom stereocenters. The number of aromatic hydroxyl groups is 1. The van der Waals surface area contributed by atoms with Gasteiger partial charge in [0.2, 0.25) is 47.3 Å². The molecule has 0 bridgehead atoms. The Labute approximate surface area is 390 Å². The van der Waals surface area contributed by atoms with Crippen LogP contribution in [0, 0.1) is 5.92 Å². The van der Waals surface area contributed by atoms with E-state index < -0.39 is 134 Å². The van der Waals surface area contributed by atoms with Crippen molar-refractivity contribution in [2.45, 2.75) is 101 Å². The van der Waals surface area contributed by atoms with Crippen LogP contribution in [-0.4, -0.2) is 171 Å². The van der Waals surface area contributed by atoms with Gasteiger partial charge in [0.15, 0.2) is 5.96 Å².